The number of carbonyl (C=O) groups excluding carboxylic acids is 1. The number of rotatable bonds is 9. The summed E-state index contributed by atoms with van der Waals surface area (Å²) in [6.45, 7) is 0. The predicted octanol–water partition coefficient (Wildman–Crippen LogP) is 8.04. The molecule has 6 aromatic rings. The minimum absolute atomic E-state index is 0.0778. The van der Waals surface area contributed by atoms with E-state index in [0.29, 0.717) is 22.7 Å². The summed E-state index contributed by atoms with van der Waals surface area (Å²) in [7, 11) is 0. The Morgan fingerprint density at radius 1 is 0.896 bits per heavy atom. The molecule has 0 saturated heterocycles. The molecule has 1 aliphatic carbocycles. The molecule has 0 radical (unpaired) electrons. The molecule has 0 atom stereocenters. The van der Waals surface area contributed by atoms with Crippen molar-refractivity contribution in [3.05, 3.63) is 159 Å². The van der Waals surface area contributed by atoms with E-state index in [2.05, 4.69) is 20.4 Å². The lowest BCUT2D eigenvalue weighted by atomic mass is 10.0. The van der Waals surface area contributed by atoms with Gasteiger partial charge in [0.2, 0.25) is 11.3 Å². The first-order valence-electron chi connectivity index (χ1n) is 15.1. The monoisotopic (exact) mass is 656 g/mol. The third kappa shape index (κ3) is 6.74. The van der Waals surface area contributed by atoms with Crippen LogP contribution >= 0.6 is 11.6 Å². The zero-order valence-electron chi connectivity index (χ0n) is 25.3. The minimum atomic E-state index is -0.622. The van der Waals surface area contributed by atoms with Crippen LogP contribution in [0.25, 0.3) is 11.3 Å². The van der Waals surface area contributed by atoms with Crippen molar-refractivity contribution in [2.45, 2.75) is 18.9 Å². The van der Waals surface area contributed by atoms with Crippen molar-refractivity contribution in [2.75, 3.05) is 5.32 Å². The number of anilines is 1. The van der Waals surface area contributed by atoms with Crippen molar-refractivity contribution in [2.24, 2.45) is 4.99 Å². The van der Waals surface area contributed by atoms with Crippen LogP contribution in [0.1, 0.15) is 40.4 Å². The van der Waals surface area contributed by atoms with Gasteiger partial charge in [0.15, 0.2) is 11.6 Å². The maximum Gasteiger partial charge on any atom is 0.261 e. The minimum Gasteiger partial charge on any atom is -0.437 e. The molecule has 0 unspecified atom stereocenters. The lowest BCUT2D eigenvalue weighted by molar-refractivity contribution is 0.102. The highest BCUT2D eigenvalue weighted by molar-refractivity contribution is 6.34. The lowest BCUT2D eigenvalue weighted by Gasteiger charge is -2.12. The van der Waals surface area contributed by atoms with Crippen LogP contribution in [-0.2, 0) is 0 Å². The summed E-state index contributed by atoms with van der Waals surface area (Å²) in [5, 5.41) is 7.37. The van der Waals surface area contributed by atoms with Gasteiger partial charge < -0.3 is 10.1 Å². The van der Waals surface area contributed by atoms with Gasteiger partial charge in [-0.15, -0.1) is 0 Å². The molecule has 9 nitrogen and oxygen atoms in total. The second-order valence-corrected chi connectivity index (χ2v) is 11.4. The predicted molar refractivity (Wildman–Crippen MR) is 182 cm³/mol. The van der Waals surface area contributed by atoms with E-state index in [1.807, 2.05) is 60.7 Å². The van der Waals surface area contributed by atoms with E-state index in [1.54, 1.807) is 29.1 Å². The molecule has 3 heterocycles. The lowest BCUT2D eigenvalue weighted by Crippen LogP contribution is -2.26. The Bertz CT molecular complexity index is 2150. The van der Waals surface area contributed by atoms with Crippen molar-refractivity contribution >= 4 is 34.7 Å². The largest absolute Gasteiger partial charge is 0.437 e. The molecule has 0 aliphatic heterocycles. The first kappa shape index (κ1) is 30.6. The normalized spacial score (nSPS) is 12.3. The first-order chi connectivity index (χ1) is 23.4. The second-order valence-electron chi connectivity index (χ2n) is 11.0. The number of benzene rings is 3. The number of aromatic nitrogens is 4. The Kier molecular flexibility index (Phi) is 8.55. The van der Waals surface area contributed by atoms with E-state index in [1.165, 1.54) is 36.7 Å². The first-order valence-corrected chi connectivity index (χ1v) is 15.5. The maximum atomic E-state index is 13.5. The van der Waals surface area contributed by atoms with Crippen LogP contribution in [0.4, 0.5) is 15.9 Å². The Balaban J connectivity index is 1.11. The molecule has 236 valence electrons. The highest BCUT2D eigenvalue weighted by atomic mass is 35.5. The number of hydrogen-bond donors (Lipinski definition) is 1. The molecule has 3 aromatic carbocycles. The molecule has 7 rings (SSSR count). The maximum absolute atomic E-state index is 13.5. The van der Waals surface area contributed by atoms with Crippen molar-refractivity contribution in [3.8, 4) is 22.9 Å². The summed E-state index contributed by atoms with van der Waals surface area (Å²) in [5.74, 6) is -0.282. The number of ether oxygens (including phenoxy) is 1. The number of aliphatic imine (C=N–C) groups is 1. The van der Waals surface area contributed by atoms with E-state index in [9.17, 15) is 14.0 Å². The quantitative estimate of drug-likeness (QED) is 0.158. The van der Waals surface area contributed by atoms with Crippen LogP contribution in [0, 0.1) is 5.82 Å². The Hall–Kier alpha value is -6.00. The molecule has 1 N–H and O–H groups in total. The molecule has 0 bridgehead atoms. The van der Waals surface area contributed by atoms with E-state index in [4.69, 9.17) is 21.3 Å². The number of nitrogens with one attached hydrogen (secondary N) is 1. The molecule has 48 heavy (non-hydrogen) atoms. The van der Waals surface area contributed by atoms with E-state index in [-0.39, 0.29) is 34.0 Å². The zero-order chi connectivity index (χ0) is 33.0. The smallest absolute Gasteiger partial charge is 0.261 e. The van der Waals surface area contributed by atoms with Crippen molar-refractivity contribution < 1.29 is 13.9 Å². The van der Waals surface area contributed by atoms with Crippen LogP contribution in [0.2, 0.25) is 5.02 Å². The van der Waals surface area contributed by atoms with Gasteiger partial charge in [0.05, 0.1) is 23.6 Å². The van der Waals surface area contributed by atoms with Crippen molar-refractivity contribution in [1.82, 2.24) is 19.7 Å². The fourth-order valence-electron chi connectivity index (χ4n) is 4.98. The molecule has 3 aromatic heterocycles. The molecular formula is C37H26ClFN6O3. The van der Waals surface area contributed by atoms with E-state index < -0.39 is 17.2 Å². The van der Waals surface area contributed by atoms with Gasteiger partial charge in [-0.3, -0.25) is 14.3 Å². The van der Waals surface area contributed by atoms with Crippen LogP contribution in [-0.4, -0.2) is 31.4 Å². The number of carbonyl (C=O) groups is 1. The van der Waals surface area contributed by atoms with Crippen molar-refractivity contribution in [3.63, 3.8) is 0 Å². The molecular weight excluding hydrogens is 631 g/mol. The summed E-state index contributed by atoms with van der Waals surface area (Å²) in [6.07, 6.45) is 6.20. The third-order valence-electron chi connectivity index (χ3n) is 7.58. The third-order valence-corrected chi connectivity index (χ3v) is 7.93. The zero-order valence-corrected chi connectivity index (χ0v) is 26.0. The molecule has 1 amide bonds. The fraction of sp³-hybridized carbons (Fsp3) is 0.0811. The van der Waals surface area contributed by atoms with Crippen LogP contribution < -0.4 is 15.5 Å². The highest BCUT2D eigenvalue weighted by Crippen LogP contribution is 2.36. The molecule has 1 fully saturated rings. The Morgan fingerprint density at radius 2 is 1.58 bits per heavy atom. The SMILES string of the molecule is O=C(Nc1ccc(Oc2ccnc(N=C(c3ccccc3)c3ccccc3)c2Cl)nc1)c1cn(C2CC2)nc(-c2ccc(F)cc2)c1=O. The fourth-order valence-corrected chi connectivity index (χ4v) is 5.18. The van der Waals surface area contributed by atoms with Crippen LogP contribution in [0.5, 0.6) is 11.6 Å². The van der Waals surface area contributed by atoms with Crippen LogP contribution in [0.15, 0.2) is 132 Å². The van der Waals surface area contributed by atoms with Gasteiger partial charge >= 0.3 is 0 Å². The average Bonchev–Trinajstić information content (AvgIpc) is 3.97. The van der Waals surface area contributed by atoms with Gasteiger partial charge in [0, 0.05) is 41.2 Å². The van der Waals surface area contributed by atoms with Gasteiger partial charge in [-0.05, 0) is 43.2 Å². The van der Waals surface area contributed by atoms with Crippen LogP contribution in [0.3, 0.4) is 0 Å². The Morgan fingerprint density at radius 3 is 2.21 bits per heavy atom. The summed E-state index contributed by atoms with van der Waals surface area (Å²) < 4.78 is 21.1. The van der Waals surface area contributed by atoms with Gasteiger partial charge in [-0.2, -0.15) is 5.10 Å². The number of halogens is 2. The standard InChI is InChI=1S/C37H26ClFN6O3/c38-32-30(19-20-40-36(32)43-33(23-7-3-1-4-8-23)24-9-5-2-6-10-24)48-31-18-15-27(21-41-31)42-37(47)29-22-45(28-16-17-28)44-34(35(29)46)25-11-13-26(39)14-12-25/h1-15,18-22,28H,16-17H2,(H,42,47). The molecule has 1 aliphatic rings. The molecule has 11 heteroatoms. The van der Waals surface area contributed by atoms with Gasteiger partial charge in [0.25, 0.3) is 5.91 Å². The summed E-state index contributed by atoms with van der Waals surface area (Å²) in [4.78, 5) is 40.2. The van der Waals surface area contributed by atoms with E-state index in [0.717, 1.165) is 24.0 Å². The number of amides is 1. The molecule has 0 spiro atoms. The molecule has 1 saturated carbocycles. The van der Waals surface area contributed by atoms with Gasteiger partial charge in [-0.1, -0.05) is 72.3 Å². The summed E-state index contributed by atoms with van der Waals surface area (Å²) >= 11 is 6.73. The topological polar surface area (TPSA) is 111 Å². The highest BCUT2D eigenvalue weighted by Gasteiger charge is 2.27. The van der Waals surface area contributed by atoms with E-state index >= 15 is 0 Å². The van der Waals surface area contributed by atoms with Gasteiger partial charge in [-0.25, -0.2) is 19.4 Å². The van der Waals surface area contributed by atoms with Gasteiger partial charge in [0.1, 0.15) is 22.1 Å². The average molecular weight is 657 g/mol. The number of hydrogen-bond acceptors (Lipinski definition) is 7. The number of nitrogens with zero attached hydrogens (tertiary/aromatic N) is 5. The van der Waals surface area contributed by atoms with Crippen molar-refractivity contribution in [1.29, 1.82) is 0 Å². The summed E-state index contributed by atoms with van der Waals surface area (Å²) in [5.41, 5.74) is 2.70. The Labute approximate surface area is 279 Å². The summed E-state index contributed by atoms with van der Waals surface area (Å²) in [6, 6.07) is 29.8. The number of pyridine rings is 2. The second kappa shape index (κ2) is 13.4.